The van der Waals surface area contributed by atoms with Gasteiger partial charge < -0.3 is 5.32 Å². The third-order valence-electron chi connectivity index (χ3n) is 2.73. The highest BCUT2D eigenvalue weighted by Gasteiger charge is 1.96. The van der Waals surface area contributed by atoms with Crippen molar-refractivity contribution in [1.82, 2.24) is 5.32 Å². The minimum Gasteiger partial charge on any atom is -0.313 e. The molecule has 0 unspecified atom stereocenters. The fraction of sp³-hybridized carbons (Fsp3) is 0.467. The normalized spacial score (nSPS) is 10.3. The van der Waals surface area contributed by atoms with E-state index in [4.69, 9.17) is 0 Å². The Labute approximate surface area is 99.6 Å². The van der Waals surface area contributed by atoms with Gasteiger partial charge in [-0.05, 0) is 24.1 Å². The molecule has 0 saturated heterocycles. The molecule has 0 aliphatic rings. The molecular weight excluding hydrogens is 194 g/mol. The summed E-state index contributed by atoms with van der Waals surface area (Å²) in [6.07, 6.45) is 5.26. The topological polar surface area (TPSA) is 12.0 Å². The van der Waals surface area contributed by atoms with Gasteiger partial charge in [0, 0.05) is 6.54 Å². The maximum absolute atomic E-state index is 4.10. The van der Waals surface area contributed by atoms with Crippen molar-refractivity contribution in [3.8, 4) is 0 Å². The van der Waals surface area contributed by atoms with E-state index in [1.807, 2.05) is 6.07 Å². The maximum atomic E-state index is 4.10. The summed E-state index contributed by atoms with van der Waals surface area (Å²) in [4.78, 5) is 0. The van der Waals surface area contributed by atoms with Crippen LogP contribution in [0.2, 0.25) is 0 Å². The van der Waals surface area contributed by atoms with E-state index in [2.05, 4.69) is 43.1 Å². The fourth-order valence-electron chi connectivity index (χ4n) is 1.69. The van der Waals surface area contributed by atoms with Gasteiger partial charge in [0.1, 0.15) is 0 Å². The first-order valence-corrected chi connectivity index (χ1v) is 6.28. The number of hydrogen-bond acceptors (Lipinski definition) is 1. The second kappa shape index (κ2) is 8.12. The molecule has 1 rings (SSSR count). The molecule has 1 nitrogen and oxygen atoms in total. The van der Waals surface area contributed by atoms with Crippen LogP contribution in [0.25, 0.3) is 5.57 Å². The Morgan fingerprint density at radius 1 is 1.12 bits per heavy atom. The zero-order valence-electron chi connectivity index (χ0n) is 10.3. The summed E-state index contributed by atoms with van der Waals surface area (Å²) in [7, 11) is 0. The van der Waals surface area contributed by atoms with Crippen molar-refractivity contribution >= 4 is 5.57 Å². The first-order valence-electron chi connectivity index (χ1n) is 6.28. The predicted octanol–water partition coefficient (Wildman–Crippen LogP) is 3.87. The van der Waals surface area contributed by atoms with Crippen molar-refractivity contribution in [2.24, 2.45) is 0 Å². The monoisotopic (exact) mass is 217 g/mol. The van der Waals surface area contributed by atoms with Gasteiger partial charge in [0.2, 0.25) is 0 Å². The highest BCUT2D eigenvalue weighted by Crippen LogP contribution is 2.09. The molecule has 0 aliphatic carbocycles. The van der Waals surface area contributed by atoms with Crippen molar-refractivity contribution in [1.29, 1.82) is 0 Å². The molecular formula is C15H23N. The van der Waals surface area contributed by atoms with Crippen LogP contribution in [0.15, 0.2) is 36.9 Å². The van der Waals surface area contributed by atoms with Crippen molar-refractivity contribution < 1.29 is 0 Å². The average molecular weight is 217 g/mol. The van der Waals surface area contributed by atoms with Crippen LogP contribution in [0, 0.1) is 0 Å². The standard InChI is InChI=1S/C15H23N/c1-3-4-5-9-12-16-13-14(2)15-10-7-6-8-11-15/h6-8,10-11,16H,2-5,9,12-13H2,1H3. The molecule has 0 aromatic heterocycles. The summed E-state index contributed by atoms with van der Waals surface area (Å²) >= 11 is 0. The molecule has 0 saturated carbocycles. The first kappa shape index (κ1) is 13.0. The quantitative estimate of drug-likeness (QED) is 0.652. The van der Waals surface area contributed by atoms with E-state index >= 15 is 0 Å². The van der Waals surface area contributed by atoms with Gasteiger partial charge in [0.15, 0.2) is 0 Å². The highest BCUT2D eigenvalue weighted by atomic mass is 14.8. The molecule has 0 radical (unpaired) electrons. The van der Waals surface area contributed by atoms with Gasteiger partial charge in [-0.3, -0.25) is 0 Å². The fourth-order valence-corrected chi connectivity index (χ4v) is 1.69. The zero-order chi connectivity index (χ0) is 11.6. The molecule has 0 heterocycles. The lowest BCUT2D eigenvalue weighted by Gasteiger charge is -2.07. The van der Waals surface area contributed by atoms with Crippen molar-refractivity contribution in [2.75, 3.05) is 13.1 Å². The second-order valence-corrected chi connectivity index (χ2v) is 4.21. The van der Waals surface area contributed by atoms with Crippen molar-refractivity contribution in [3.63, 3.8) is 0 Å². The number of hydrogen-bond donors (Lipinski definition) is 1. The largest absolute Gasteiger partial charge is 0.313 e. The van der Waals surface area contributed by atoms with Crippen LogP contribution in [0.3, 0.4) is 0 Å². The number of unbranched alkanes of at least 4 members (excludes halogenated alkanes) is 3. The van der Waals surface area contributed by atoms with Gasteiger partial charge in [0.25, 0.3) is 0 Å². The molecule has 0 atom stereocenters. The minimum atomic E-state index is 0.899. The van der Waals surface area contributed by atoms with Gasteiger partial charge in [0.05, 0.1) is 0 Å². The number of benzene rings is 1. The maximum Gasteiger partial charge on any atom is 0.0205 e. The van der Waals surface area contributed by atoms with E-state index in [0.717, 1.165) is 13.1 Å². The van der Waals surface area contributed by atoms with Gasteiger partial charge in [-0.25, -0.2) is 0 Å². The molecule has 0 bridgehead atoms. The molecule has 88 valence electrons. The van der Waals surface area contributed by atoms with Crippen LogP contribution in [-0.4, -0.2) is 13.1 Å². The van der Waals surface area contributed by atoms with Gasteiger partial charge in [-0.2, -0.15) is 0 Å². The predicted molar refractivity (Wildman–Crippen MR) is 72.5 cm³/mol. The third kappa shape index (κ3) is 5.13. The van der Waals surface area contributed by atoms with Gasteiger partial charge in [-0.15, -0.1) is 0 Å². The Kier molecular flexibility index (Phi) is 6.59. The lowest BCUT2D eigenvalue weighted by molar-refractivity contribution is 0.623. The molecule has 1 N–H and O–H groups in total. The SMILES string of the molecule is C=C(CNCCCCCC)c1ccccc1. The van der Waals surface area contributed by atoms with E-state index in [9.17, 15) is 0 Å². The molecule has 1 aromatic rings. The van der Waals surface area contributed by atoms with Crippen LogP contribution in [0.5, 0.6) is 0 Å². The van der Waals surface area contributed by atoms with Crippen LogP contribution in [0.1, 0.15) is 38.2 Å². The molecule has 1 heteroatoms. The summed E-state index contributed by atoms with van der Waals surface area (Å²) in [5, 5.41) is 3.44. The molecule has 0 amide bonds. The van der Waals surface area contributed by atoms with Gasteiger partial charge in [-0.1, -0.05) is 63.1 Å². The zero-order valence-corrected chi connectivity index (χ0v) is 10.3. The Morgan fingerprint density at radius 3 is 2.56 bits per heavy atom. The van der Waals surface area contributed by atoms with Crippen LogP contribution in [-0.2, 0) is 0 Å². The summed E-state index contributed by atoms with van der Waals surface area (Å²) in [5.41, 5.74) is 2.42. The van der Waals surface area contributed by atoms with Crippen LogP contribution < -0.4 is 5.32 Å². The van der Waals surface area contributed by atoms with E-state index in [1.54, 1.807) is 0 Å². The lowest BCUT2D eigenvalue weighted by atomic mass is 10.1. The summed E-state index contributed by atoms with van der Waals surface area (Å²) in [5.74, 6) is 0. The van der Waals surface area contributed by atoms with Crippen LogP contribution >= 0.6 is 0 Å². The summed E-state index contributed by atoms with van der Waals surface area (Å²) < 4.78 is 0. The van der Waals surface area contributed by atoms with Gasteiger partial charge >= 0.3 is 0 Å². The highest BCUT2D eigenvalue weighted by molar-refractivity contribution is 5.64. The smallest absolute Gasteiger partial charge is 0.0205 e. The van der Waals surface area contributed by atoms with E-state index in [-0.39, 0.29) is 0 Å². The van der Waals surface area contributed by atoms with Crippen molar-refractivity contribution in [2.45, 2.75) is 32.6 Å². The van der Waals surface area contributed by atoms with E-state index < -0.39 is 0 Å². The van der Waals surface area contributed by atoms with E-state index in [0.29, 0.717) is 0 Å². The molecule has 0 aliphatic heterocycles. The minimum absolute atomic E-state index is 0.899. The molecule has 0 spiro atoms. The molecule has 0 fully saturated rings. The third-order valence-corrected chi connectivity index (χ3v) is 2.73. The Hall–Kier alpha value is -1.08. The summed E-state index contributed by atoms with van der Waals surface area (Å²) in [6, 6.07) is 10.4. The van der Waals surface area contributed by atoms with Crippen molar-refractivity contribution in [3.05, 3.63) is 42.5 Å². The van der Waals surface area contributed by atoms with E-state index in [1.165, 1.54) is 36.8 Å². The second-order valence-electron chi connectivity index (χ2n) is 4.21. The molecule has 1 aromatic carbocycles. The number of nitrogens with one attached hydrogen (secondary N) is 1. The summed E-state index contributed by atoms with van der Waals surface area (Å²) in [6.45, 7) is 8.34. The average Bonchev–Trinajstić information content (AvgIpc) is 2.34. The van der Waals surface area contributed by atoms with Crippen LogP contribution in [0.4, 0.5) is 0 Å². The Balaban J connectivity index is 2.12. The Morgan fingerprint density at radius 2 is 1.88 bits per heavy atom. The first-order chi connectivity index (χ1) is 7.84. The Bertz CT molecular complexity index is 290. The molecule has 16 heavy (non-hydrogen) atoms. The lowest BCUT2D eigenvalue weighted by Crippen LogP contribution is -2.17. The number of rotatable bonds is 8.